The Hall–Kier alpha value is -1.59. The molecule has 1 aliphatic rings. The molecule has 0 radical (unpaired) electrons. The van der Waals surface area contributed by atoms with Gasteiger partial charge in [0.15, 0.2) is 0 Å². The number of carbonyl (C=O) groups is 2. The van der Waals surface area contributed by atoms with E-state index in [2.05, 4.69) is 5.32 Å². The summed E-state index contributed by atoms with van der Waals surface area (Å²) in [5.74, 6) is -0.632. The quantitative estimate of drug-likeness (QED) is 0.887. The SMILES string of the molecule is CC(N)C(C)C(=O)Nc1cc(Cl)ccc1C(=O)N1CCCCC1. The Kier molecular flexibility index (Phi) is 6.02. The highest BCUT2D eigenvalue weighted by Gasteiger charge is 2.23. The lowest BCUT2D eigenvalue weighted by Gasteiger charge is -2.27. The first kappa shape index (κ1) is 17.8. The molecule has 1 aromatic rings. The van der Waals surface area contributed by atoms with Crippen molar-refractivity contribution in [3.05, 3.63) is 28.8 Å². The van der Waals surface area contributed by atoms with Crippen molar-refractivity contribution in [1.82, 2.24) is 4.90 Å². The van der Waals surface area contributed by atoms with Crippen LogP contribution in [-0.4, -0.2) is 35.8 Å². The van der Waals surface area contributed by atoms with Crippen molar-refractivity contribution in [3.8, 4) is 0 Å². The summed E-state index contributed by atoms with van der Waals surface area (Å²) in [7, 11) is 0. The van der Waals surface area contributed by atoms with Crippen molar-refractivity contribution < 1.29 is 9.59 Å². The fraction of sp³-hybridized carbons (Fsp3) is 0.529. The molecule has 23 heavy (non-hydrogen) atoms. The molecule has 2 atom stereocenters. The van der Waals surface area contributed by atoms with Gasteiger partial charge in [-0.25, -0.2) is 0 Å². The maximum Gasteiger partial charge on any atom is 0.255 e. The Morgan fingerprint density at radius 2 is 1.87 bits per heavy atom. The molecule has 3 N–H and O–H groups in total. The van der Waals surface area contributed by atoms with Gasteiger partial charge in [0.1, 0.15) is 0 Å². The molecule has 1 fully saturated rings. The summed E-state index contributed by atoms with van der Waals surface area (Å²) in [6, 6.07) is 4.69. The molecule has 1 heterocycles. The van der Waals surface area contributed by atoms with Gasteiger partial charge in [-0.3, -0.25) is 9.59 Å². The second kappa shape index (κ2) is 7.79. The smallest absolute Gasteiger partial charge is 0.255 e. The van der Waals surface area contributed by atoms with E-state index in [-0.39, 0.29) is 23.8 Å². The van der Waals surface area contributed by atoms with Crippen molar-refractivity contribution >= 4 is 29.1 Å². The Morgan fingerprint density at radius 3 is 2.48 bits per heavy atom. The minimum absolute atomic E-state index is 0.0647. The van der Waals surface area contributed by atoms with Gasteiger partial charge >= 0.3 is 0 Å². The largest absolute Gasteiger partial charge is 0.339 e. The minimum atomic E-state index is -0.355. The summed E-state index contributed by atoms with van der Waals surface area (Å²) >= 11 is 6.03. The number of nitrogens with one attached hydrogen (secondary N) is 1. The van der Waals surface area contributed by atoms with Crippen molar-refractivity contribution in [2.24, 2.45) is 11.7 Å². The van der Waals surface area contributed by atoms with E-state index in [0.29, 0.717) is 16.3 Å². The number of anilines is 1. The van der Waals surface area contributed by atoms with Crippen molar-refractivity contribution in [3.63, 3.8) is 0 Å². The van der Waals surface area contributed by atoms with Crippen LogP contribution in [0.25, 0.3) is 0 Å². The average Bonchev–Trinajstić information content (AvgIpc) is 2.54. The number of amides is 2. The molecule has 0 aromatic heterocycles. The molecular formula is C17H24ClN3O2. The molecule has 126 valence electrons. The zero-order valence-electron chi connectivity index (χ0n) is 13.6. The third-order valence-electron chi connectivity index (χ3n) is 4.32. The number of rotatable bonds is 4. The molecule has 0 spiro atoms. The van der Waals surface area contributed by atoms with Crippen molar-refractivity contribution in [1.29, 1.82) is 0 Å². The van der Waals surface area contributed by atoms with E-state index in [9.17, 15) is 9.59 Å². The number of nitrogens with zero attached hydrogens (tertiary/aromatic N) is 1. The lowest BCUT2D eigenvalue weighted by Crippen LogP contribution is -2.37. The van der Waals surface area contributed by atoms with Gasteiger partial charge < -0.3 is 16.0 Å². The fourth-order valence-corrected chi connectivity index (χ4v) is 2.73. The third-order valence-corrected chi connectivity index (χ3v) is 4.55. The molecule has 1 aliphatic heterocycles. The van der Waals surface area contributed by atoms with Gasteiger partial charge in [-0.15, -0.1) is 0 Å². The molecule has 2 unspecified atom stereocenters. The molecule has 0 saturated carbocycles. The number of likely N-dealkylation sites (tertiary alicyclic amines) is 1. The van der Waals surface area contributed by atoms with E-state index in [4.69, 9.17) is 17.3 Å². The minimum Gasteiger partial charge on any atom is -0.339 e. The lowest BCUT2D eigenvalue weighted by atomic mass is 10.0. The highest BCUT2D eigenvalue weighted by Crippen LogP contribution is 2.24. The summed E-state index contributed by atoms with van der Waals surface area (Å²) in [5, 5.41) is 3.28. The van der Waals surface area contributed by atoms with Crippen molar-refractivity contribution in [2.45, 2.75) is 39.2 Å². The number of piperidine rings is 1. The third kappa shape index (κ3) is 4.45. The zero-order chi connectivity index (χ0) is 17.0. The van der Waals surface area contributed by atoms with Crippen LogP contribution in [0.3, 0.4) is 0 Å². The Bertz CT molecular complexity index is 583. The summed E-state index contributed by atoms with van der Waals surface area (Å²) in [4.78, 5) is 26.8. The van der Waals surface area contributed by atoms with Gasteiger partial charge in [-0.2, -0.15) is 0 Å². The summed E-state index contributed by atoms with van der Waals surface area (Å²) in [5.41, 5.74) is 6.70. The van der Waals surface area contributed by atoms with Gasteiger partial charge in [0.2, 0.25) is 5.91 Å². The predicted molar refractivity (Wildman–Crippen MR) is 92.6 cm³/mol. The van der Waals surface area contributed by atoms with E-state index in [1.54, 1.807) is 32.0 Å². The highest BCUT2D eigenvalue weighted by atomic mass is 35.5. The van der Waals surface area contributed by atoms with Crippen LogP contribution in [0.5, 0.6) is 0 Å². The fourth-order valence-electron chi connectivity index (χ4n) is 2.56. The van der Waals surface area contributed by atoms with Gasteiger partial charge in [0.25, 0.3) is 5.91 Å². The number of hydrogen-bond acceptors (Lipinski definition) is 3. The maximum absolute atomic E-state index is 12.7. The van der Waals surface area contributed by atoms with E-state index in [0.717, 1.165) is 32.4 Å². The molecule has 2 rings (SSSR count). The predicted octanol–water partition coefficient (Wildman–Crippen LogP) is 2.89. The van der Waals surface area contributed by atoms with Crippen LogP contribution in [0.4, 0.5) is 5.69 Å². The maximum atomic E-state index is 12.7. The Balaban J connectivity index is 2.23. The van der Waals surface area contributed by atoms with Crippen LogP contribution in [-0.2, 0) is 4.79 Å². The Morgan fingerprint density at radius 1 is 1.22 bits per heavy atom. The number of hydrogen-bond donors (Lipinski definition) is 2. The van der Waals surface area contributed by atoms with E-state index in [1.165, 1.54) is 0 Å². The monoisotopic (exact) mass is 337 g/mol. The van der Waals surface area contributed by atoms with Crippen LogP contribution < -0.4 is 11.1 Å². The van der Waals surface area contributed by atoms with Gasteiger partial charge in [-0.05, 0) is 44.4 Å². The summed E-state index contributed by atoms with van der Waals surface area (Å²) in [6.07, 6.45) is 3.19. The van der Waals surface area contributed by atoms with E-state index < -0.39 is 0 Å². The second-order valence-electron chi connectivity index (χ2n) is 6.18. The average molecular weight is 338 g/mol. The van der Waals surface area contributed by atoms with E-state index >= 15 is 0 Å². The molecular weight excluding hydrogens is 314 g/mol. The van der Waals surface area contributed by atoms with E-state index in [1.807, 2.05) is 4.90 Å². The summed E-state index contributed by atoms with van der Waals surface area (Å²) in [6.45, 7) is 5.05. The van der Waals surface area contributed by atoms with Crippen LogP contribution in [0.1, 0.15) is 43.5 Å². The second-order valence-corrected chi connectivity index (χ2v) is 6.62. The van der Waals surface area contributed by atoms with Crippen molar-refractivity contribution in [2.75, 3.05) is 18.4 Å². The topological polar surface area (TPSA) is 75.4 Å². The van der Waals surface area contributed by atoms with Crippen LogP contribution >= 0.6 is 11.6 Å². The number of nitrogens with two attached hydrogens (primary N) is 1. The first-order valence-electron chi connectivity index (χ1n) is 8.05. The molecule has 0 bridgehead atoms. The highest BCUT2D eigenvalue weighted by molar-refractivity contribution is 6.31. The molecule has 1 aromatic carbocycles. The normalized spacial score (nSPS) is 17.5. The summed E-state index contributed by atoms with van der Waals surface area (Å²) < 4.78 is 0. The van der Waals surface area contributed by atoms with Crippen LogP contribution in [0.15, 0.2) is 18.2 Å². The Labute approximate surface area is 142 Å². The number of carbonyl (C=O) groups excluding carboxylic acids is 2. The molecule has 6 heteroatoms. The van der Waals surface area contributed by atoms with Gasteiger partial charge in [0, 0.05) is 24.2 Å². The standard InChI is InChI=1S/C17H24ClN3O2/c1-11(12(2)19)16(22)20-15-10-13(18)6-7-14(15)17(23)21-8-4-3-5-9-21/h6-7,10-12H,3-5,8-9,19H2,1-2H3,(H,20,22). The number of halogens is 1. The first-order valence-corrected chi connectivity index (χ1v) is 8.43. The van der Waals surface area contributed by atoms with Crippen LogP contribution in [0, 0.1) is 5.92 Å². The van der Waals surface area contributed by atoms with Gasteiger partial charge in [0.05, 0.1) is 17.2 Å². The molecule has 0 aliphatic carbocycles. The molecule has 2 amide bonds. The molecule has 5 nitrogen and oxygen atoms in total. The first-order chi connectivity index (χ1) is 10.9. The van der Waals surface area contributed by atoms with Gasteiger partial charge in [-0.1, -0.05) is 18.5 Å². The zero-order valence-corrected chi connectivity index (χ0v) is 14.4. The molecule has 1 saturated heterocycles. The number of benzene rings is 1. The lowest BCUT2D eigenvalue weighted by molar-refractivity contribution is -0.119. The van der Waals surface area contributed by atoms with Crippen LogP contribution in [0.2, 0.25) is 5.02 Å².